The Balaban J connectivity index is 1.71. The molecule has 0 spiro atoms. The van der Waals surface area contributed by atoms with Crippen LogP contribution in [-0.2, 0) is 9.59 Å². The van der Waals surface area contributed by atoms with Crippen LogP contribution >= 0.6 is 0 Å². The van der Waals surface area contributed by atoms with Crippen LogP contribution in [0.25, 0.3) is 22.1 Å². The molecule has 8 nitrogen and oxygen atoms in total. The molecule has 0 fully saturated rings. The summed E-state index contributed by atoms with van der Waals surface area (Å²) in [6, 6.07) is 17.7. The van der Waals surface area contributed by atoms with Gasteiger partial charge in [0.25, 0.3) is 0 Å². The quantitative estimate of drug-likeness (QED) is 0.238. The summed E-state index contributed by atoms with van der Waals surface area (Å²) >= 11 is 0. The van der Waals surface area contributed by atoms with Gasteiger partial charge in [-0.1, -0.05) is 36.4 Å². The predicted octanol–water partition coefficient (Wildman–Crippen LogP) is 4.68. The Hall–Kier alpha value is -4.59. The van der Waals surface area contributed by atoms with E-state index in [1.54, 1.807) is 24.3 Å². The summed E-state index contributed by atoms with van der Waals surface area (Å²) in [6.07, 6.45) is 0.0925. The molecule has 1 atom stereocenters. The van der Waals surface area contributed by atoms with Crippen LogP contribution < -0.4 is 19.8 Å². The summed E-state index contributed by atoms with van der Waals surface area (Å²) in [4.78, 5) is 36.1. The Morgan fingerprint density at radius 1 is 1.06 bits per heavy atom. The van der Waals surface area contributed by atoms with Crippen molar-refractivity contribution in [1.82, 2.24) is 0 Å². The number of carbonyl (C=O) groups is 2. The van der Waals surface area contributed by atoms with Crippen LogP contribution in [0.2, 0.25) is 0 Å². The van der Waals surface area contributed by atoms with Crippen LogP contribution in [0.1, 0.15) is 29.0 Å². The van der Waals surface area contributed by atoms with Gasteiger partial charge >= 0.3 is 17.6 Å². The van der Waals surface area contributed by atoms with Crippen LogP contribution in [0.5, 0.6) is 17.2 Å². The van der Waals surface area contributed by atoms with Gasteiger partial charge in [0.05, 0.1) is 18.9 Å². The van der Waals surface area contributed by atoms with Gasteiger partial charge in [-0.2, -0.15) is 0 Å². The smallest absolute Gasteiger partial charge is 0.341 e. The Morgan fingerprint density at radius 2 is 1.83 bits per heavy atom. The number of benzene rings is 3. The van der Waals surface area contributed by atoms with Crippen LogP contribution in [0.3, 0.4) is 0 Å². The minimum absolute atomic E-state index is 0.0925. The second-order valence-electron chi connectivity index (χ2n) is 8.48. The second kappa shape index (κ2) is 9.22. The summed E-state index contributed by atoms with van der Waals surface area (Å²) in [5, 5.41) is 9.48. The molecular weight excluding hydrogens is 464 g/mol. The van der Waals surface area contributed by atoms with E-state index in [2.05, 4.69) is 0 Å². The summed E-state index contributed by atoms with van der Waals surface area (Å²) in [6.45, 7) is 1.37. The van der Waals surface area contributed by atoms with E-state index < -0.39 is 24.2 Å². The van der Waals surface area contributed by atoms with E-state index in [9.17, 15) is 14.4 Å². The van der Waals surface area contributed by atoms with E-state index in [0.717, 1.165) is 22.3 Å². The van der Waals surface area contributed by atoms with Crippen molar-refractivity contribution in [3.8, 4) is 28.4 Å². The van der Waals surface area contributed by atoms with Crippen molar-refractivity contribution in [1.29, 1.82) is 0 Å². The lowest BCUT2D eigenvalue weighted by Crippen LogP contribution is -2.22. The molecule has 1 N–H and O–H groups in total. The molecule has 36 heavy (non-hydrogen) atoms. The highest BCUT2D eigenvalue weighted by Gasteiger charge is 2.33. The van der Waals surface area contributed by atoms with Crippen LogP contribution in [0.15, 0.2) is 69.9 Å². The molecule has 182 valence electrons. The van der Waals surface area contributed by atoms with Gasteiger partial charge in [0.15, 0.2) is 18.1 Å². The van der Waals surface area contributed by atoms with Crippen molar-refractivity contribution in [2.45, 2.75) is 19.3 Å². The van der Waals surface area contributed by atoms with Crippen molar-refractivity contribution in [3.63, 3.8) is 0 Å². The van der Waals surface area contributed by atoms with Gasteiger partial charge in [0.1, 0.15) is 11.3 Å². The van der Waals surface area contributed by atoms with E-state index in [1.165, 1.54) is 13.2 Å². The first-order chi connectivity index (χ1) is 17.4. The van der Waals surface area contributed by atoms with Gasteiger partial charge in [0, 0.05) is 23.1 Å². The van der Waals surface area contributed by atoms with Gasteiger partial charge in [-0.25, -0.2) is 9.59 Å². The number of ether oxygens (including phenoxy) is 3. The topological polar surface area (TPSA) is 112 Å². The van der Waals surface area contributed by atoms with Crippen molar-refractivity contribution in [2.75, 3.05) is 13.7 Å². The predicted molar refractivity (Wildman–Crippen MR) is 131 cm³/mol. The van der Waals surface area contributed by atoms with Gasteiger partial charge in [-0.15, -0.1) is 0 Å². The average Bonchev–Trinajstić information content (AvgIpc) is 2.86. The van der Waals surface area contributed by atoms with Crippen LogP contribution in [0, 0.1) is 6.92 Å². The van der Waals surface area contributed by atoms with E-state index in [-0.39, 0.29) is 18.1 Å². The first-order valence-corrected chi connectivity index (χ1v) is 11.3. The van der Waals surface area contributed by atoms with Gasteiger partial charge in [-0.3, -0.25) is 4.79 Å². The molecule has 4 aromatic rings. The molecule has 0 bridgehead atoms. The fraction of sp³-hybridized carbons (Fsp3) is 0.179. The Labute approximate surface area is 205 Å². The number of esters is 1. The fourth-order valence-corrected chi connectivity index (χ4v) is 4.69. The van der Waals surface area contributed by atoms with Gasteiger partial charge in [0.2, 0.25) is 0 Å². The van der Waals surface area contributed by atoms with E-state index in [1.807, 2.05) is 37.3 Å². The van der Waals surface area contributed by atoms with E-state index in [4.69, 9.17) is 23.7 Å². The number of rotatable bonds is 6. The molecule has 1 aromatic heterocycles. The number of carboxylic acid groups (broad SMARTS) is 1. The first-order valence-electron chi connectivity index (χ1n) is 11.3. The van der Waals surface area contributed by atoms with Gasteiger partial charge in [-0.05, 0) is 41.8 Å². The van der Waals surface area contributed by atoms with Crippen LogP contribution in [-0.4, -0.2) is 30.8 Å². The molecule has 0 saturated carbocycles. The highest BCUT2D eigenvalue weighted by Crippen LogP contribution is 2.48. The molecule has 0 unspecified atom stereocenters. The fourth-order valence-electron chi connectivity index (χ4n) is 4.69. The lowest BCUT2D eigenvalue weighted by Gasteiger charge is -2.28. The summed E-state index contributed by atoms with van der Waals surface area (Å²) in [5.74, 6) is -0.903. The maximum atomic E-state index is 12.8. The van der Waals surface area contributed by atoms with Crippen molar-refractivity contribution < 1.29 is 33.3 Å². The number of hydrogen-bond donors (Lipinski definition) is 1. The molecular formula is C28H22O8. The number of carboxylic acids is 1. The van der Waals surface area contributed by atoms with Crippen LogP contribution in [0.4, 0.5) is 0 Å². The van der Waals surface area contributed by atoms with Gasteiger partial charge < -0.3 is 23.7 Å². The monoisotopic (exact) mass is 486 g/mol. The minimum Gasteiger partial charge on any atom is -0.493 e. The van der Waals surface area contributed by atoms with Crippen molar-refractivity contribution in [2.24, 2.45) is 0 Å². The summed E-state index contributed by atoms with van der Waals surface area (Å²) in [5.41, 5.74) is 3.61. The van der Waals surface area contributed by atoms with Crippen molar-refractivity contribution >= 4 is 22.9 Å². The number of aliphatic carboxylic acids is 1. The SMILES string of the molecule is COc1cc([C@@H]2CC(=O)Oc3c2c(C)cc2oc(=O)cc(-c4ccccc4)c32)ccc1OCC(=O)O. The zero-order valence-electron chi connectivity index (χ0n) is 19.6. The minimum atomic E-state index is -1.10. The maximum Gasteiger partial charge on any atom is 0.341 e. The number of hydrogen-bond acceptors (Lipinski definition) is 7. The molecule has 0 amide bonds. The normalized spacial score (nSPS) is 14.7. The molecule has 0 aliphatic carbocycles. The number of fused-ring (bicyclic) bond motifs is 3. The third-order valence-electron chi connectivity index (χ3n) is 6.19. The third kappa shape index (κ3) is 4.17. The number of methoxy groups -OCH3 is 1. The van der Waals surface area contributed by atoms with E-state index in [0.29, 0.717) is 28.0 Å². The second-order valence-corrected chi connectivity index (χ2v) is 8.48. The van der Waals surface area contributed by atoms with Crippen molar-refractivity contribution in [3.05, 3.63) is 87.8 Å². The zero-order valence-corrected chi connectivity index (χ0v) is 19.6. The summed E-state index contributed by atoms with van der Waals surface area (Å²) < 4.78 is 22.1. The Morgan fingerprint density at radius 3 is 2.56 bits per heavy atom. The summed E-state index contributed by atoms with van der Waals surface area (Å²) in [7, 11) is 1.46. The highest BCUT2D eigenvalue weighted by molar-refractivity contribution is 6.01. The zero-order chi connectivity index (χ0) is 25.4. The van der Waals surface area contributed by atoms with E-state index >= 15 is 0 Å². The third-order valence-corrected chi connectivity index (χ3v) is 6.19. The molecule has 1 aliphatic rings. The maximum absolute atomic E-state index is 12.8. The molecule has 0 radical (unpaired) electrons. The number of carbonyl (C=O) groups excluding carboxylic acids is 1. The lowest BCUT2D eigenvalue weighted by atomic mass is 9.82. The largest absolute Gasteiger partial charge is 0.493 e. The number of aryl methyl sites for hydroxylation is 1. The standard InChI is InChI=1S/C28H22O8/c1-15-10-22-27(18(12-24(31)35-22)16-6-4-3-5-7-16)28-26(15)19(13-25(32)36-28)17-8-9-20(21(11-17)33-2)34-14-23(29)30/h3-12,19H,13-14H2,1-2H3,(H,29,30)/t19-/m0/s1. The Kier molecular flexibility index (Phi) is 5.93. The molecule has 2 heterocycles. The Bertz CT molecular complexity index is 1550. The lowest BCUT2D eigenvalue weighted by molar-refractivity contribution is -0.139. The average molecular weight is 486 g/mol. The molecule has 8 heteroatoms. The molecule has 0 saturated heterocycles. The molecule has 3 aromatic carbocycles. The molecule has 1 aliphatic heterocycles. The molecule has 5 rings (SSSR count). The highest BCUT2D eigenvalue weighted by atomic mass is 16.5. The first kappa shape index (κ1) is 23.2.